The van der Waals surface area contributed by atoms with Crippen molar-refractivity contribution < 1.29 is 9.84 Å². The maximum Gasteiger partial charge on any atom is 0.119 e. The van der Waals surface area contributed by atoms with Gasteiger partial charge in [-0.1, -0.05) is 42.3 Å². The Kier molecular flexibility index (Phi) is 5.96. The Hall–Kier alpha value is -0.800. The van der Waals surface area contributed by atoms with Crippen molar-refractivity contribution in [3.8, 4) is 5.75 Å². The van der Waals surface area contributed by atoms with E-state index >= 15 is 0 Å². The highest BCUT2D eigenvalue weighted by atomic mass is 79.9. The molecular formula is C20H29BrO2. The zero-order chi connectivity index (χ0) is 17.1. The number of rotatable bonds is 6. The molecule has 1 aliphatic rings. The molecule has 128 valence electrons. The first-order valence-electron chi connectivity index (χ1n) is 8.48. The summed E-state index contributed by atoms with van der Waals surface area (Å²) in [7, 11) is 1.69. The number of ether oxygens (including phenoxy) is 1. The van der Waals surface area contributed by atoms with Crippen LogP contribution in [0.2, 0.25) is 0 Å². The van der Waals surface area contributed by atoms with E-state index in [0.29, 0.717) is 0 Å². The van der Waals surface area contributed by atoms with Gasteiger partial charge in [-0.25, -0.2) is 0 Å². The minimum absolute atomic E-state index is 0.122. The summed E-state index contributed by atoms with van der Waals surface area (Å²) >= 11 is 3.66. The Bertz CT molecular complexity index is 553. The summed E-state index contributed by atoms with van der Waals surface area (Å²) in [5, 5.41) is 11.4. The highest BCUT2D eigenvalue weighted by molar-refractivity contribution is 9.10. The fourth-order valence-corrected chi connectivity index (χ4v) is 4.51. The molecule has 3 heteroatoms. The minimum atomic E-state index is -0.613. The van der Waals surface area contributed by atoms with Crippen LogP contribution in [0, 0.1) is 11.3 Å². The van der Waals surface area contributed by atoms with Crippen molar-refractivity contribution in [2.45, 2.75) is 58.0 Å². The maximum absolute atomic E-state index is 11.4. The van der Waals surface area contributed by atoms with Crippen LogP contribution in [0.15, 0.2) is 35.3 Å². The highest BCUT2D eigenvalue weighted by Crippen LogP contribution is 2.50. The first-order valence-corrected chi connectivity index (χ1v) is 9.27. The monoisotopic (exact) mass is 380 g/mol. The molecule has 0 aliphatic heterocycles. The Labute approximate surface area is 149 Å². The molecule has 1 aromatic rings. The molecule has 0 saturated heterocycles. The van der Waals surface area contributed by atoms with Crippen molar-refractivity contribution in [3.05, 3.63) is 40.9 Å². The fraction of sp³-hybridized carbons (Fsp3) is 0.600. The Morgan fingerprint density at radius 2 is 2.13 bits per heavy atom. The van der Waals surface area contributed by atoms with Gasteiger partial charge in [-0.05, 0) is 67.2 Å². The van der Waals surface area contributed by atoms with Crippen LogP contribution in [0.3, 0.4) is 0 Å². The zero-order valence-corrected chi connectivity index (χ0v) is 16.2. The third-order valence-corrected chi connectivity index (χ3v) is 6.25. The number of hydrogen-bond acceptors (Lipinski definition) is 2. The molecule has 0 spiro atoms. The van der Waals surface area contributed by atoms with E-state index in [-0.39, 0.29) is 11.3 Å². The Morgan fingerprint density at radius 1 is 1.39 bits per heavy atom. The first kappa shape index (κ1) is 18.5. The van der Waals surface area contributed by atoms with Gasteiger partial charge in [0.2, 0.25) is 0 Å². The number of hydrogen-bond donors (Lipinski definition) is 1. The van der Waals surface area contributed by atoms with Gasteiger partial charge in [0.25, 0.3) is 0 Å². The summed E-state index contributed by atoms with van der Waals surface area (Å²) in [6.07, 6.45) is 7.58. The van der Waals surface area contributed by atoms with Crippen LogP contribution in [0.4, 0.5) is 0 Å². The SMILES string of the molecule is C=CCC[C@@]1(O)CCCC(C)(C)[C@@H]1Cc1cc(OC)ccc1Br. The summed E-state index contributed by atoms with van der Waals surface area (Å²) in [6.45, 7) is 8.41. The minimum Gasteiger partial charge on any atom is -0.497 e. The summed E-state index contributed by atoms with van der Waals surface area (Å²) < 4.78 is 6.46. The van der Waals surface area contributed by atoms with Crippen LogP contribution in [-0.2, 0) is 6.42 Å². The van der Waals surface area contributed by atoms with Crippen molar-refractivity contribution in [3.63, 3.8) is 0 Å². The smallest absolute Gasteiger partial charge is 0.119 e. The molecule has 0 radical (unpaired) electrons. The van der Waals surface area contributed by atoms with E-state index in [9.17, 15) is 5.11 Å². The summed E-state index contributed by atoms with van der Waals surface area (Å²) in [6, 6.07) is 6.08. The standard InChI is InChI=1S/C20H29BrO2/c1-5-6-11-20(22)12-7-10-19(2,3)18(20)14-15-13-16(23-4)8-9-17(15)21/h5,8-9,13,18,22H,1,6-7,10-12,14H2,2-4H3/t18-,20+/m0/s1. The predicted octanol–water partition coefficient (Wildman–Crippen LogP) is 5.52. The van der Waals surface area contributed by atoms with Gasteiger partial charge in [-0.3, -0.25) is 0 Å². The topological polar surface area (TPSA) is 29.5 Å². The van der Waals surface area contributed by atoms with Crippen LogP contribution in [0.25, 0.3) is 0 Å². The maximum atomic E-state index is 11.4. The molecule has 1 aromatic carbocycles. The molecule has 0 heterocycles. The van der Waals surface area contributed by atoms with Gasteiger partial charge in [0.1, 0.15) is 5.75 Å². The lowest BCUT2D eigenvalue weighted by atomic mass is 9.58. The molecule has 0 bridgehead atoms. The van der Waals surface area contributed by atoms with Crippen LogP contribution in [-0.4, -0.2) is 17.8 Å². The average Bonchev–Trinajstić information content (AvgIpc) is 2.50. The zero-order valence-electron chi connectivity index (χ0n) is 14.6. The molecule has 2 nitrogen and oxygen atoms in total. The highest BCUT2D eigenvalue weighted by Gasteiger charge is 2.47. The van der Waals surface area contributed by atoms with E-state index in [2.05, 4.69) is 42.4 Å². The number of aliphatic hydroxyl groups is 1. The van der Waals surface area contributed by atoms with E-state index < -0.39 is 5.60 Å². The van der Waals surface area contributed by atoms with Crippen molar-refractivity contribution in [2.24, 2.45) is 11.3 Å². The second kappa shape index (κ2) is 7.40. The lowest BCUT2D eigenvalue weighted by Crippen LogP contribution is -2.50. The van der Waals surface area contributed by atoms with E-state index in [1.807, 2.05) is 18.2 Å². The van der Waals surface area contributed by atoms with Crippen molar-refractivity contribution in [2.75, 3.05) is 7.11 Å². The number of halogens is 1. The van der Waals surface area contributed by atoms with Gasteiger partial charge in [-0.15, -0.1) is 6.58 Å². The second-order valence-electron chi connectivity index (χ2n) is 7.49. The van der Waals surface area contributed by atoms with Gasteiger partial charge in [-0.2, -0.15) is 0 Å². The molecule has 0 unspecified atom stereocenters. The van der Waals surface area contributed by atoms with Gasteiger partial charge in [0.15, 0.2) is 0 Å². The molecule has 1 saturated carbocycles. The largest absolute Gasteiger partial charge is 0.497 e. The average molecular weight is 381 g/mol. The summed E-state index contributed by atoms with van der Waals surface area (Å²) in [5.41, 5.74) is 0.719. The van der Waals surface area contributed by atoms with Crippen molar-refractivity contribution >= 4 is 15.9 Å². The van der Waals surface area contributed by atoms with Crippen LogP contribution < -0.4 is 4.74 Å². The van der Waals surface area contributed by atoms with Crippen molar-refractivity contribution in [1.29, 1.82) is 0 Å². The quantitative estimate of drug-likeness (QED) is 0.657. The molecule has 2 rings (SSSR count). The lowest BCUT2D eigenvalue weighted by Gasteiger charge is -2.50. The number of benzene rings is 1. The molecule has 0 aromatic heterocycles. The lowest BCUT2D eigenvalue weighted by molar-refractivity contribution is -0.106. The molecule has 1 fully saturated rings. The van der Waals surface area contributed by atoms with Gasteiger partial charge in [0.05, 0.1) is 12.7 Å². The number of methoxy groups -OCH3 is 1. The van der Waals surface area contributed by atoms with Gasteiger partial charge in [0, 0.05) is 4.47 Å². The molecule has 1 N–H and O–H groups in total. The van der Waals surface area contributed by atoms with Crippen LogP contribution in [0.5, 0.6) is 5.75 Å². The Balaban J connectivity index is 2.33. The van der Waals surface area contributed by atoms with Crippen LogP contribution >= 0.6 is 15.9 Å². The number of allylic oxidation sites excluding steroid dienone is 1. The summed E-state index contributed by atoms with van der Waals surface area (Å²) in [5.74, 6) is 1.10. The summed E-state index contributed by atoms with van der Waals surface area (Å²) in [4.78, 5) is 0. The van der Waals surface area contributed by atoms with Gasteiger partial charge < -0.3 is 9.84 Å². The van der Waals surface area contributed by atoms with E-state index in [4.69, 9.17) is 4.74 Å². The molecule has 23 heavy (non-hydrogen) atoms. The van der Waals surface area contributed by atoms with E-state index in [1.54, 1.807) is 7.11 Å². The molecular weight excluding hydrogens is 352 g/mol. The van der Waals surface area contributed by atoms with Crippen molar-refractivity contribution in [1.82, 2.24) is 0 Å². The van der Waals surface area contributed by atoms with E-state index in [1.165, 1.54) is 5.56 Å². The third kappa shape index (κ3) is 4.19. The first-order chi connectivity index (χ1) is 10.8. The van der Waals surface area contributed by atoms with Crippen LogP contribution in [0.1, 0.15) is 51.5 Å². The Morgan fingerprint density at radius 3 is 2.78 bits per heavy atom. The molecule has 1 aliphatic carbocycles. The predicted molar refractivity (Wildman–Crippen MR) is 99.9 cm³/mol. The third-order valence-electron chi connectivity index (χ3n) is 5.48. The normalized spacial score (nSPS) is 26.7. The molecule has 2 atom stereocenters. The molecule has 0 amide bonds. The van der Waals surface area contributed by atoms with E-state index in [0.717, 1.165) is 48.7 Å². The second-order valence-corrected chi connectivity index (χ2v) is 8.34. The fourth-order valence-electron chi connectivity index (χ4n) is 4.10. The van der Waals surface area contributed by atoms with Gasteiger partial charge >= 0.3 is 0 Å².